The summed E-state index contributed by atoms with van der Waals surface area (Å²) < 4.78 is 1.34. The largest absolute Gasteiger partial charge is 0.268 e. The minimum absolute atomic E-state index is 0.304. The fourth-order valence-electron chi connectivity index (χ4n) is 6.57. The van der Waals surface area contributed by atoms with Crippen molar-refractivity contribution in [3.05, 3.63) is 166 Å². The summed E-state index contributed by atoms with van der Waals surface area (Å²) in [4.78, 5) is 42.1. The molecule has 6 heteroatoms. The van der Waals surface area contributed by atoms with Crippen molar-refractivity contribution in [1.29, 1.82) is 0 Å². The Hall–Kier alpha value is -6.53. The Morgan fingerprint density at radius 2 is 0.745 bits per heavy atom. The molecule has 0 aliphatic heterocycles. The number of nitrogens with zero attached hydrogens (tertiary/aromatic N) is 4. The van der Waals surface area contributed by atoms with Crippen molar-refractivity contribution in [1.82, 2.24) is 19.4 Å². The van der Waals surface area contributed by atoms with Gasteiger partial charge < -0.3 is 0 Å². The normalized spacial score (nSPS) is 11.6. The third-order valence-corrected chi connectivity index (χ3v) is 8.79. The van der Waals surface area contributed by atoms with E-state index in [1.807, 2.05) is 109 Å². The molecule has 0 saturated carbocycles. The topological polar surface area (TPSA) is 77.2 Å². The summed E-state index contributed by atoms with van der Waals surface area (Å²) in [5.74, 6) is 1.76. The summed E-state index contributed by atoms with van der Waals surface area (Å²) in [6.45, 7) is 0. The highest BCUT2D eigenvalue weighted by atomic mass is 16.2. The van der Waals surface area contributed by atoms with Gasteiger partial charge in [-0.2, -0.15) is 0 Å². The molecule has 0 bridgehead atoms. The first-order valence-electron chi connectivity index (χ1n) is 15.4. The van der Waals surface area contributed by atoms with Gasteiger partial charge in [0.05, 0.1) is 5.52 Å². The number of hydrogen-bond donors (Lipinski definition) is 0. The second-order valence-electron chi connectivity index (χ2n) is 11.6. The maximum Gasteiger partial charge on any atom is 0.266 e. The molecular formula is C41H24N4O2. The Morgan fingerprint density at radius 1 is 0.340 bits per heavy atom. The molecule has 47 heavy (non-hydrogen) atoms. The van der Waals surface area contributed by atoms with Crippen LogP contribution < -0.4 is 11.1 Å². The van der Waals surface area contributed by atoms with Crippen molar-refractivity contribution in [2.24, 2.45) is 0 Å². The maximum atomic E-state index is 13.7. The van der Waals surface area contributed by atoms with Gasteiger partial charge in [0.15, 0.2) is 17.5 Å². The Morgan fingerprint density at radius 3 is 1.26 bits per heavy atom. The van der Waals surface area contributed by atoms with Crippen molar-refractivity contribution in [3.63, 3.8) is 0 Å². The highest BCUT2D eigenvalue weighted by Gasteiger charge is 2.19. The van der Waals surface area contributed by atoms with Gasteiger partial charge in [-0.15, -0.1) is 0 Å². The van der Waals surface area contributed by atoms with Crippen LogP contribution >= 0.6 is 0 Å². The van der Waals surface area contributed by atoms with Crippen LogP contribution in [0.5, 0.6) is 0 Å². The summed E-state index contributed by atoms with van der Waals surface area (Å²) in [7, 11) is 0. The van der Waals surface area contributed by atoms with Gasteiger partial charge in [0.1, 0.15) is 0 Å². The average molecular weight is 605 g/mol. The zero-order valence-electron chi connectivity index (χ0n) is 25.0. The predicted octanol–water partition coefficient (Wildman–Crippen LogP) is 8.41. The van der Waals surface area contributed by atoms with Crippen molar-refractivity contribution >= 4 is 37.8 Å². The molecular weight excluding hydrogens is 580 g/mol. The summed E-state index contributed by atoms with van der Waals surface area (Å²) in [5.41, 5.74) is 4.60. The lowest BCUT2D eigenvalue weighted by molar-refractivity contribution is 1.07. The SMILES string of the molecule is O=c1c2ccccc2c2cc(-c3cccc(-c4nc(-c5ccccc5)nc(-c5ccccc5)n4)c3)cc3c4ccccc4c(=O)n1c23. The molecule has 6 nitrogen and oxygen atoms in total. The van der Waals surface area contributed by atoms with E-state index in [1.165, 1.54) is 4.40 Å². The van der Waals surface area contributed by atoms with Crippen LogP contribution in [0, 0.1) is 0 Å². The second-order valence-corrected chi connectivity index (χ2v) is 11.6. The predicted molar refractivity (Wildman–Crippen MR) is 189 cm³/mol. The van der Waals surface area contributed by atoms with Crippen LogP contribution in [0.4, 0.5) is 0 Å². The average Bonchev–Trinajstić information content (AvgIpc) is 3.15. The Bertz CT molecular complexity index is 2620. The van der Waals surface area contributed by atoms with E-state index in [2.05, 4.69) is 24.3 Å². The third kappa shape index (κ3) is 4.30. The molecule has 6 aromatic carbocycles. The molecule has 0 unspecified atom stereocenters. The molecule has 0 saturated heterocycles. The van der Waals surface area contributed by atoms with Crippen molar-refractivity contribution < 1.29 is 0 Å². The van der Waals surface area contributed by atoms with Crippen LogP contribution in [0.3, 0.4) is 0 Å². The maximum absolute atomic E-state index is 13.7. The standard InChI is InChI=1S/C41H24N4O2/c46-40-32-20-9-7-18-30(32)34-23-29(24-35-31-19-8-10-21-33(31)41(47)45(40)36(34)35)27-16-11-17-28(22-27)39-43-37(25-12-3-1-4-13-25)42-38(44-39)26-14-5-2-6-15-26/h1-24H. The monoisotopic (exact) mass is 604 g/mol. The van der Waals surface area contributed by atoms with Gasteiger partial charge in [-0.25, -0.2) is 19.4 Å². The van der Waals surface area contributed by atoms with E-state index in [4.69, 9.17) is 15.0 Å². The molecule has 0 aliphatic carbocycles. The highest BCUT2D eigenvalue weighted by molar-refractivity contribution is 6.19. The van der Waals surface area contributed by atoms with Crippen LogP contribution in [-0.2, 0) is 0 Å². The fourth-order valence-corrected chi connectivity index (χ4v) is 6.57. The van der Waals surface area contributed by atoms with Crippen LogP contribution in [0.15, 0.2) is 155 Å². The Labute approximate surface area is 268 Å². The third-order valence-electron chi connectivity index (χ3n) is 8.79. The van der Waals surface area contributed by atoms with Crippen molar-refractivity contribution in [3.8, 4) is 45.3 Å². The Balaban J connectivity index is 1.30. The first-order valence-corrected chi connectivity index (χ1v) is 15.4. The second kappa shape index (κ2) is 10.5. The number of aromatic nitrogens is 4. The van der Waals surface area contributed by atoms with Gasteiger partial charge in [0.25, 0.3) is 11.1 Å². The molecule has 0 aliphatic rings. The van der Waals surface area contributed by atoms with E-state index >= 15 is 0 Å². The van der Waals surface area contributed by atoms with E-state index in [0.717, 1.165) is 49.4 Å². The summed E-state index contributed by atoms with van der Waals surface area (Å²) in [6, 6.07) is 47.2. The number of benzene rings is 6. The van der Waals surface area contributed by atoms with Gasteiger partial charge >= 0.3 is 0 Å². The van der Waals surface area contributed by atoms with E-state index in [9.17, 15) is 9.59 Å². The number of rotatable bonds is 4. The highest BCUT2D eigenvalue weighted by Crippen LogP contribution is 2.36. The zero-order chi connectivity index (χ0) is 31.5. The smallest absolute Gasteiger partial charge is 0.266 e. The van der Waals surface area contributed by atoms with Crippen molar-refractivity contribution in [2.45, 2.75) is 0 Å². The molecule has 0 spiro atoms. The van der Waals surface area contributed by atoms with Gasteiger partial charge in [-0.1, -0.05) is 115 Å². The molecule has 3 aromatic heterocycles. The molecule has 3 heterocycles. The van der Waals surface area contributed by atoms with Gasteiger partial charge in [-0.3, -0.25) is 9.59 Å². The lowest BCUT2D eigenvalue weighted by Crippen LogP contribution is -2.27. The molecule has 9 aromatic rings. The molecule has 0 atom stereocenters. The molecule has 0 fully saturated rings. The summed E-state index contributed by atoms with van der Waals surface area (Å²) >= 11 is 0. The quantitative estimate of drug-likeness (QED) is 0.149. The van der Waals surface area contributed by atoms with Crippen LogP contribution in [0.25, 0.3) is 83.1 Å². The lowest BCUT2D eigenvalue weighted by Gasteiger charge is -2.15. The first kappa shape index (κ1) is 26.8. The van der Waals surface area contributed by atoms with E-state index in [-0.39, 0.29) is 11.1 Å². The number of pyridine rings is 2. The van der Waals surface area contributed by atoms with Crippen LogP contribution in [0.2, 0.25) is 0 Å². The van der Waals surface area contributed by atoms with Crippen molar-refractivity contribution in [2.75, 3.05) is 0 Å². The molecule has 0 N–H and O–H groups in total. The van der Waals surface area contributed by atoms with Gasteiger partial charge in [0, 0.05) is 38.2 Å². The zero-order valence-corrected chi connectivity index (χ0v) is 25.0. The molecule has 0 radical (unpaired) electrons. The van der Waals surface area contributed by atoms with Gasteiger partial charge in [-0.05, 0) is 52.2 Å². The molecule has 220 valence electrons. The number of hydrogen-bond acceptors (Lipinski definition) is 5. The van der Waals surface area contributed by atoms with Crippen LogP contribution in [0.1, 0.15) is 0 Å². The Kier molecular flexibility index (Phi) is 6.01. The van der Waals surface area contributed by atoms with E-state index in [1.54, 1.807) is 12.1 Å². The summed E-state index contributed by atoms with van der Waals surface area (Å²) in [6.07, 6.45) is 0. The fraction of sp³-hybridized carbons (Fsp3) is 0. The lowest BCUT2D eigenvalue weighted by atomic mass is 9.94. The minimum Gasteiger partial charge on any atom is -0.268 e. The van der Waals surface area contributed by atoms with Crippen LogP contribution in [-0.4, -0.2) is 19.4 Å². The van der Waals surface area contributed by atoms with E-state index in [0.29, 0.717) is 33.8 Å². The van der Waals surface area contributed by atoms with E-state index < -0.39 is 0 Å². The summed E-state index contributed by atoms with van der Waals surface area (Å²) in [5, 5.41) is 4.34. The first-order chi connectivity index (χ1) is 23.1. The molecule has 9 rings (SSSR count). The number of fused-ring (bicyclic) bond motifs is 4. The van der Waals surface area contributed by atoms with Gasteiger partial charge in [0.2, 0.25) is 0 Å². The minimum atomic E-state index is -0.304. The molecule has 0 amide bonds.